The fraction of sp³-hybridized carbons (Fsp3) is 0.571. The van der Waals surface area contributed by atoms with E-state index in [1.54, 1.807) is 0 Å². The first-order chi connectivity index (χ1) is 8.33. The quantitative estimate of drug-likeness (QED) is 0.814. The molecule has 0 unspecified atom stereocenters. The highest BCUT2D eigenvalue weighted by molar-refractivity contribution is 6.33. The summed E-state index contributed by atoms with van der Waals surface area (Å²) in [6, 6.07) is 8.17. The van der Waals surface area contributed by atoms with Crippen LogP contribution in [-0.2, 0) is 0 Å². The van der Waals surface area contributed by atoms with Crippen LogP contribution in [0.25, 0.3) is 0 Å². The van der Waals surface area contributed by atoms with Crippen molar-refractivity contribution in [1.29, 1.82) is 0 Å². The van der Waals surface area contributed by atoms with Crippen molar-refractivity contribution in [2.45, 2.75) is 12.8 Å². The molecule has 1 aromatic carbocycles. The normalized spacial score (nSPS) is 21.8. The van der Waals surface area contributed by atoms with Crippen LogP contribution in [0, 0.1) is 5.92 Å². The lowest BCUT2D eigenvalue weighted by Gasteiger charge is -2.36. The van der Waals surface area contributed by atoms with Crippen molar-refractivity contribution >= 4 is 17.3 Å². The van der Waals surface area contributed by atoms with Crippen LogP contribution in [0.1, 0.15) is 12.8 Å². The van der Waals surface area contributed by atoms with E-state index in [4.69, 9.17) is 11.6 Å². The average molecular weight is 251 g/mol. The number of para-hydroxylation sites is 1. The first-order valence-corrected chi connectivity index (χ1v) is 6.92. The SMILES string of the molecule is Clc1ccccc1N1CCN(CC2CC2)CC1. The standard InChI is InChI=1S/C14H19ClN2/c15-13-3-1-2-4-14(13)17-9-7-16(8-10-17)11-12-5-6-12/h1-4,12H,5-11H2. The van der Waals surface area contributed by atoms with Gasteiger partial charge in [-0.2, -0.15) is 0 Å². The van der Waals surface area contributed by atoms with Crippen molar-refractivity contribution in [2.24, 2.45) is 5.92 Å². The Morgan fingerprint density at radius 3 is 2.41 bits per heavy atom. The number of benzene rings is 1. The van der Waals surface area contributed by atoms with Crippen LogP contribution in [0.3, 0.4) is 0 Å². The van der Waals surface area contributed by atoms with Gasteiger partial charge in [0.05, 0.1) is 10.7 Å². The third-order valence-corrected chi connectivity index (χ3v) is 4.10. The Morgan fingerprint density at radius 2 is 1.76 bits per heavy atom. The van der Waals surface area contributed by atoms with Gasteiger partial charge in [0.2, 0.25) is 0 Å². The number of nitrogens with zero attached hydrogens (tertiary/aromatic N) is 2. The Labute approximate surface area is 108 Å². The van der Waals surface area contributed by atoms with Gasteiger partial charge in [-0.1, -0.05) is 23.7 Å². The molecule has 17 heavy (non-hydrogen) atoms. The molecular formula is C14H19ClN2. The van der Waals surface area contributed by atoms with Gasteiger partial charge in [0.1, 0.15) is 0 Å². The van der Waals surface area contributed by atoms with E-state index in [-0.39, 0.29) is 0 Å². The number of halogens is 1. The molecule has 0 N–H and O–H groups in total. The van der Waals surface area contributed by atoms with E-state index in [0.717, 1.165) is 24.0 Å². The summed E-state index contributed by atoms with van der Waals surface area (Å²) in [5.41, 5.74) is 1.19. The first kappa shape index (κ1) is 11.4. The highest BCUT2D eigenvalue weighted by Gasteiger charge is 2.26. The molecule has 1 saturated carbocycles. The van der Waals surface area contributed by atoms with Crippen LogP contribution in [0.15, 0.2) is 24.3 Å². The maximum atomic E-state index is 6.23. The predicted molar refractivity (Wildman–Crippen MR) is 72.8 cm³/mol. The van der Waals surface area contributed by atoms with Gasteiger partial charge in [0.25, 0.3) is 0 Å². The summed E-state index contributed by atoms with van der Waals surface area (Å²) in [7, 11) is 0. The summed E-state index contributed by atoms with van der Waals surface area (Å²) in [6.45, 7) is 5.90. The van der Waals surface area contributed by atoms with Crippen molar-refractivity contribution in [1.82, 2.24) is 4.90 Å². The van der Waals surface area contributed by atoms with Crippen molar-refractivity contribution in [3.05, 3.63) is 29.3 Å². The van der Waals surface area contributed by atoms with Gasteiger partial charge >= 0.3 is 0 Å². The van der Waals surface area contributed by atoms with E-state index in [0.29, 0.717) is 0 Å². The molecule has 3 heteroatoms. The summed E-state index contributed by atoms with van der Waals surface area (Å²) in [5, 5.41) is 0.878. The number of rotatable bonds is 3. The lowest BCUT2D eigenvalue weighted by atomic mass is 10.2. The second-order valence-electron chi connectivity index (χ2n) is 5.18. The summed E-state index contributed by atoms with van der Waals surface area (Å²) in [6.07, 6.45) is 2.90. The Kier molecular flexibility index (Phi) is 3.26. The fourth-order valence-electron chi connectivity index (χ4n) is 2.55. The van der Waals surface area contributed by atoms with Gasteiger partial charge in [-0.15, -0.1) is 0 Å². The summed E-state index contributed by atoms with van der Waals surface area (Å²) >= 11 is 6.23. The summed E-state index contributed by atoms with van der Waals surface area (Å²) in [4.78, 5) is 5.01. The molecule has 0 amide bonds. The predicted octanol–water partition coefficient (Wildman–Crippen LogP) is 2.87. The van der Waals surface area contributed by atoms with Gasteiger partial charge in [0.15, 0.2) is 0 Å². The van der Waals surface area contributed by atoms with Gasteiger partial charge in [-0.05, 0) is 30.9 Å². The Morgan fingerprint density at radius 1 is 1.06 bits per heavy atom. The topological polar surface area (TPSA) is 6.48 Å². The Bertz CT molecular complexity index is 382. The van der Waals surface area contributed by atoms with Gasteiger partial charge in [0, 0.05) is 32.7 Å². The van der Waals surface area contributed by atoms with E-state index in [9.17, 15) is 0 Å². The third-order valence-electron chi connectivity index (χ3n) is 3.78. The molecule has 0 spiro atoms. The van der Waals surface area contributed by atoms with Crippen LogP contribution in [0.2, 0.25) is 5.02 Å². The van der Waals surface area contributed by atoms with Crippen molar-refractivity contribution in [3.63, 3.8) is 0 Å². The molecule has 3 rings (SSSR count). The fourth-order valence-corrected chi connectivity index (χ4v) is 2.80. The molecule has 1 aliphatic heterocycles. The first-order valence-electron chi connectivity index (χ1n) is 6.55. The molecule has 1 aromatic rings. The van der Waals surface area contributed by atoms with Crippen molar-refractivity contribution < 1.29 is 0 Å². The average Bonchev–Trinajstić information content (AvgIpc) is 3.15. The molecular weight excluding hydrogens is 232 g/mol. The maximum absolute atomic E-state index is 6.23. The lowest BCUT2D eigenvalue weighted by molar-refractivity contribution is 0.248. The number of anilines is 1. The van der Waals surface area contributed by atoms with E-state index < -0.39 is 0 Å². The van der Waals surface area contributed by atoms with E-state index >= 15 is 0 Å². The van der Waals surface area contributed by atoms with Gasteiger partial charge in [-0.25, -0.2) is 0 Å². The summed E-state index contributed by atoms with van der Waals surface area (Å²) < 4.78 is 0. The smallest absolute Gasteiger partial charge is 0.0639 e. The van der Waals surface area contributed by atoms with Crippen molar-refractivity contribution in [3.8, 4) is 0 Å². The molecule has 92 valence electrons. The van der Waals surface area contributed by atoms with Crippen LogP contribution in [0.5, 0.6) is 0 Å². The Hall–Kier alpha value is -0.730. The highest BCUT2D eigenvalue weighted by atomic mass is 35.5. The molecule has 0 radical (unpaired) electrons. The number of hydrogen-bond acceptors (Lipinski definition) is 2. The van der Waals surface area contributed by atoms with Crippen molar-refractivity contribution in [2.75, 3.05) is 37.6 Å². The third kappa shape index (κ3) is 2.75. The number of piperazine rings is 1. The maximum Gasteiger partial charge on any atom is 0.0639 e. The minimum absolute atomic E-state index is 0.878. The molecule has 0 bridgehead atoms. The van der Waals surface area contributed by atoms with Gasteiger partial charge in [-0.3, -0.25) is 4.90 Å². The summed E-state index contributed by atoms with van der Waals surface area (Å²) in [5.74, 6) is 1.00. The molecule has 2 fully saturated rings. The van der Waals surface area contributed by atoms with Crippen LogP contribution in [-0.4, -0.2) is 37.6 Å². The highest BCUT2D eigenvalue weighted by Crippen LogP contribution is 2.31. The minimum Gasteiger partial charge on any atom is -0.368 e. The Balaban J connectivity index is 1.58. The zero-order valence-corrected chi connectivity index (χ0v) is 10.9. The van der Waals surface area contributed by atoms with E-state index in [2.05, 4.69) is 21.9 Å². The molecule has 1 heterocycles. The molecule has 0 atom stereocenters. The zero-order chi connectivity index (χ0) is 11.7. The van der Waals surface area contributed by atoms with Crippen LogP contribution >= 0.6 is 11.6 Å². The molecule has 1 aliphatic carbocycles. The van der Waals surface area contributed by atoms with Crippen LogP contribution < -0.4 is 4.90 Å². The second-order valence-corrected chi connectivity index (χ2v) is 5.59. The molecule has 0 aromatic heterocycles. The molecule has 1 saturated heterocycles. The second kappa shape index (κ2) is 4.87. The lowest BCUT2D eigenvalue weighted by Crippen LogP contribution is -2.47. The van der Waals surface area contributed by atoms with Crippen LogP contribution in [0.4, 0.5) is 5.69 Å². The zero-order valence-electron chi connectivity index (χ0n) is 10.1. The molecule has 2 nitrogen and oxygen atoms in total. The largest absolute Gasteiger partial charge is 0.368 e. The number of hydrogen-bond donors (Lipinski definition) is 0. The van der Waals surface area contributed by atoms with Gasteiger partial charge < -0.3 is 4.90 Å². The van der Waals surface area contributed by atoms with E-state index in [1.165, 1.54) is 38.2 Å². The monoisotopic (exact) mass is 250 g/mol. The minimum atomic E-state index is 0.878. The molecule has 2 aliphatic rings. The van der Waals surface area contributed by atoms with E-state index in [1.807, 2.05) is 12.1 Å².